The molecule has 0 fully saturated rings. The Balaban J connectivity index is 1.41. The zero-order valence-electron chi connectivity index (χ0n) is 14.3. The van der Waals surface area contributed by atoms with Crippen LogP contribution >= 0.6 is 0 Å². The number of rotatable bonds is 5. The summed E-state index contributed by atoms with van der Waals surface area (Å²) in [6, 6.07) is 17.4. The molecule has 0 bridgehead atoms. The summed E-state index contributed by atoms with van der Waals surface area (Å²) in [6.07, 6.45) is 0.610. The van der Waals surface area contributed by atoms with Crippen molar-refractivity contribution < 1.29 is 9.21 Å². The van der Waals surface area contributed by atoms with Gasteiger partial charge >= 0.3 is 0 Å². The average Bonchev–Trinajstić information content (AvgIpc) is 3.25. The number of aryl methyl sites for hydroxylation is 1. The molecular weight excluding hydrogens is 328 g/mol. The highest BCUT2D eigenvalue weighted by molar-refractivity contribution is 5.92. The maximum Gasteiger partial charge on any atom is 0.289 e. The second kappa shape index (κ2) is 6.84. The van der Waals surface area contributed by atoms with Crippen molar-refractivity contribution in [3.63, 3.8) is 0 Å². The molecule has 0 saturated carbocycles. The first-order valence-corrected chi connectivity index (χ1v) is 8.45. The van der Waals surface area contributed by atoms with Gasteiger partial charge in [0, 0.05) is 18.5 Å². The normalized spacial score (nSPS) is 11.0. The number of para-hydroxylation sites is 2. The van der Waals surface area contributed by atoms with E-state index in [1.165, 1.54) is 0 Å². The molecular formula is C20H18N4O2. The molecule has 4 rings (SSSR count). The van der Waals surface area contributed by atoms with Gasteiger partial charge in [0.15, 0.2) is 0 Å². The third kappa shape index (κ3) is 3.21. The first-order valence-electron chi connectivity index (χ1n) is 8.45. The fourth-order valence-electron chi connectivity index (χ4n) is 2.81. The highest BCUT2D eigenvalue weighted by Gasteiger charge is 2.18. The van der Waals surface area contributed by atoms with Crippen LogP contribution in [0.4, 0.5) is 0 Å². The SMILES string of the molecule is Cc1nc(-c2ccccc2)oc1C(=O)NCCc1nc2ccccc2[nH]1. The molecule has 2 N–H and O–H groups in total. The Hall–Kier alpha value is -3.41. The van der Waals surface area contributed by atoms with E-state index in [-0.39, 0.29) is 11.7 Å². The number of hydrogen-bond donors (Lipinski definition) is 2. The van der Waals surface area contributed by atoms with Crippen LogP contribution in [0.2, 0.25) is 0 Å². The lowest BCUT2D eigenvalue weighted by molar-refractivity contribution is 0.0926. The number of fused-ring (bicyclic) bond motifs is 1. The Labute approximate surface area is 150 Å². The Kier molecular flexibility index (Phi) is 4.23. The van der Waals surface area contributed by atoms with E-state index in [4.69, 9.17) is 4.42 Å². The number of benzene rings is 2. The van der Waals surface area contributed by atoms with Gasteiger partial charge in [-0.05, 0) is 31.2 Å². The number of amides is 1. The highest BCUT2D eigenvalue weighted by atomic mass is 16.4. The first-order chi connectivity index (χ1) is 12.7. The minimum Gasteiger partial charge on any atom is -0.431 e. The molecule has 6 nitrogen and oxygen atoms in total. The smallest absolute Gasteiger partial charge is 0.289 e. The molecule has 0 aliphatic rings. The molecule has 2 aromatic heterocycles. The van der Waals surface area contributed by atoms with E-state index >= 15 is 0 Å². The molecule has 0 atom stereocenters. The van der Waals surface area contributed by atoms with E-state index in [0.29, 0.717) is 24.6 Å². The van der Waals surface area contributed by atoms with Gasteiger partial charge in [0.2, 0.25) is 11.7 Å². The van der Waals surface area contributed by atoms with Gasteiger partial charge in [-0.3, -0.25) is 4.79 Å². The van der Waals surface area contributed by atoms with E-state index in [1.54, 1.807) is 6.92 Å². The molecule has 4 aromatic rings. The van der Waals surface area contributed by atoms with Crippen molar-refractivity contribution in [3.8, 4) is 11.5 Å². The molecule has 0 unspecified atom stereocenters. The number of nitrogens with zero attached hydrogens (tertiary/aromatic N) is 2. The summed E-state index contributed by atoms with van der Waals surface area (Å²) < 4.78 is 5.67. The van der Waals surface area contributed by atoms with Gasteiger partial charge in [-0.15, -0.1) is 0 Å². The quantitative estimate of drug-likeness (QED) is 0.579. The van der Waals surface area contributed by atoms with Crippen LogP contribution in [-0.2, 0) is 6.42 Å². The van der Waals surface area contributed by atoms with Gasteiger partial charge in [-0.1, -0.05) is 30.3 Å². The van der Waals surface area contributed by atoms with Crippen LogP contribution in [0.15, 0.2) is 59.0 Å². The molecule has 6 heteroatoms. The van der Waals surface area contributed by atoms with Crippen LogP contribution in [0.3, 0.4) is 0 Å². The Morgan fingerprint density at radius 2 is 1.85 bits per heavy atom. The third-order valence-corrected chi connectivity index (χ3v) is 4.11. The Bertz CT molecular complexity index is 1020. The minimum absolute atomic E-state index is 0.244. The molecule has 2 aromatic carbocycles. The summed E-state index contributed by atoms with van der Waals surface area (Å²) in [4.78, 5) is 24.5. The lowest BCUT2D eigenvalue weighted by atomic mass is 10.2. The van der Waals surface area contributed by atoms with Crippen molar-refractivity contribution in [1.29, 1.82) is 0 Å². The number of H-pyrrole nitrogens is 1. The predicted molar refractivity (Wildman–Crippen MR) is 98.8 cm³/mol. The van der Waals surface area contributed by atoms with E-state index in [1.807, 2.05) is 54.6 Å². The first kappa shape index (κ1) is 16.1. The number of nitrogens with one attached hydrogen (secondary N) is 2. The Morgan fingerprint density at radius 3 is 2.65 bits per heavy atom. The molecule has 0 spiro atoms. The van der Waals surface area contributed by atoms with Crippen molar-refractivity contribution in [2.45, 2.75) is 13.3 Å². The minimum atomic E-state index is -0.270. The number of imidazole rings is 1. The maximum atomic E-state index is 12.4. The van der Waals surface area contributed by atoms with Crippen molar-refractivity contribution in [2.75, 3.05) is 6.54 Å². The molecule has 0 aliphatic carbocycles. The summed E-state index contributed by atoms with van der Waals surface area (Å²) in [7, 11) is 0. The number of carbonyl (C=O) groups is 1. The fraction of sp³-hybridized carbons (Fsp3) is 0.150. The second-order valence-electron chi connectivity index (χ2n) is 6.01. The van der Waals surface area contributed by atoms with Gasteiger partial charge in [-0.25, -0.2) is 9.97 Å². The molecule has 0 aliphatic heterocycles. The van der Waals surface area contributed by atoms with E-state index in [2.05, 4.69) is 20.3 Å². The van der Waals surface area contributed by atoms with Crippen molar-refractivity contribution in [2.24, 2.45) is 0 Å². The summed E-state index contributed by atoms with van der Waals surface area (Å²) in [5.74, 6) is 1.26. The van der Waals surface area contributed by atoms with Crippen LogP contribution in [0.1, 0.15) is 22.1 Å². The highest BCUT2D eigenvalue weighted by Crippen LogP contribution is 2.21. The van der Waals surface area contributed by atoms with Gasteiger partial charge in [0.05, 0.1) is 16.7 Å². The number of oxazole rings is 1. The third-order valence-electron chi connectivity index (χ3n) is 4.11. The number of aromatic nitrogens is 3. The van der Waals surface area contributed by atoms with Gasteiger partial charge in [0.1, 0.15) is 5.82 Å². The molecule has 1 amide bonds. The zero-order chi connectivity index (χ0) is 17.9. The number of hydrogen-bond acceptors (Lipinski definition) is 4. The maximum absolute atomic E-state index is 12.4. The lowest BCUT2D eigenvalue weighted by Crippen LogP contribution is -2.26. The fourth-order valence-corrected chi connectivity index (χ4v) is 2.81. The van der Waals surface area contributed by atoms with E-state index < -0.39 is 0 Å². The molecule has 26 heavy (non-hydrogen) atoms. The van der Waals surface area contributed by atoms with Crippen LogP contribution in [0.5, 0.6) is 0 Å². The standard InChI is InChI=1S/C20H18N4O2/c1-13-18(26-20(22-13)14-7-3-2-4-8-14)19(25)21-12-11-17-23-15-9-5-6-10-16(15)24-17/h2-10H,11-12H2,1H3,(H,21,25)(H,23,24). The molecule has 2 heterocycles. The van der Waals surface area contributed by atoms with Gasteiger partial charge in [-0.2, -0.15) is 0 Å². The van der Waals surface area contributed by atoms with E-state index in [0.717, 1.165) is 22.4 Å². The number of carbonyl (C=O) groups excluding carboxylic acids is 1. The zero-order valence-corrected chi connectivity index (χ0v) is 14.3. The summed E-state index contributed by atoms with van der Waals surface area (Å²) in [5.41, 5.74) is 3.34. The van der Waals surface area contributed by atoms with Crippen LogP contribution in [0, 0.1) is 6.92 Å². The van der Waals surface area contributed by atoms with E-state index in [9.17, 15) is 4.79 Å². The molecule has 0 saturated heterocycles. The monoisotopic (exact) mass is 346 g/mol. The predicted octanol–water partition coefficient (Wildman–Crippen LogP) is 3.50. The topological polar surface area (TPSA) is 83.8 Å². The molecule has 130 valence electrons. The summed E-state index contributed by atoms with van der Waals surface area (Å²) in [5, 5.41) is 2.86. The Morgan fingerprint density at radius 1 is 1.08 bits per heavy atom. The van der Waals surface area contributed by atoms with Gasteiger partial charge < -0.3 is 14.7 Å². The van der Waals surface area contributed by atoms with Crippen LogP contribution in [0.25, 0.3) is 22.5 Å². The number of aromatic amines is 1. The van der Waals surface area contributed by atoms with Crippen molar-refractivity contribution >= 4 is 16.9 Å². The molecule has 0 radical (unpaired) electrons. The largest absolute Gasteiger partial charge is 0.431 e. The van der Waals surface area contributed by atoms with Crippen LogP contribution < -0.4 is 5.32 Å². The van der Waals surface area contributed by atoms with Gasteiger partial charge in [0.25, 0.3) is 5.91 Å². The second-order valence-corrected chi connectivity index (χ2v) is 6.01. The van der Waals surface area contributed by atoms with Crippen molar-refractivity contribution in [3.05, 3.63) is 71.9 Å². The summed E-state index contributed by atoms with van der Waals surface area (Å²) in [6.45, 7) is 2.23. The lowest BCUT2D eigenvalue weighted by Gasteiger charge is -2.01. The average molecular weight is 346 g/mol. The van der Waals surface area contributed by atoms with Crippen molar-refractivity contribution in [1.82, 2.24) is 20.3 Å². The summed E-state index contributed by atoms with van der Waals surface area (Å²) >= 11 is 0. The van der Waals surface area contributed by atoms with Crippen LogP contribution in [-0.4, -0.2) is 27.4 Å².